The van der Waals surface area contributed by atoms with Crippen molar-refractivity contribution in [3.05, 3.63) is 24.3 Å². The monoisotopic (exact) mass is 428 g/mol. The van der Waals surface area contributed by atoms with Crippen LogP contribution in [0.4, 0.5) is 5.69 Å². The van der Waals surface area contributed by atoms with Gasteiger partial charge in [-0.05, 0) is 56.9 Å². The van der Waals surface area contributed by atoms with Crippen LogP contribution in [0.3, 0.4) is 0 Å². The van der Waals surface area contributed by atoms with Gasteiger partial charge in [0.25, 0.3) is 5.91 Å². The van der Waals surface area contributed by atoms with Gasteiger partial charge in [0.2, 0.25) is 11.8 Å². The number of ether oxygens (including phenoxy) is 2. The number of hydrogen-bond donors (Lipinski definition) is 0. The second-order valence-corrected chi connectivity index (χ2v) is 8.67. The van der Waals surface area contributed by atoms with Gasteiger partial charge in [-0.25, -0.2) is 4.90 Å². The van der Waals surface area contributed by atoms with Crippen LogP contribution in [0, 0.1) is 5.92 Å². The molecule has 1 aromatic carbocycles. The predicted octanol–water partition coefficient (Wildman–Crippen LogP) is 3.31. The molecule has 0 spiro atoms. The molecular formula is C24H32N2O5. The molecule has 2 heterocycles. The lowest BCUT2D eigenvalue weighted by molar-refractivity contribution is -0.144. The Balaban J connectivity index is 1.54. The third-order valence-electron chi connectivity index (χ3n) is 6.57. The molecule has 4 rings (SSSR count). The number of rotatable bonds is 7. The van der Waals surface area contributed by atoms with Crippen molar-refractivity contribution in [1.29, 1.82) is 0 Å². The number of imide groups is 1. The Kier molecular flexibility index (Phi) is 6.90. The van der Waals surface area contributed by atoms with Gasteiger partial charge in [0.15, 0.2) is 0 Å². The Morgan fingerprint density at radius 2 is 1.84 bits per heavy atom. The van der Waals surface area contributed by atoms with Crippen molar-refractivity contribution in [3.63, 3.8) is 0 Å². The van der Waals surface area contributed by atoms with E-state index in [0.29, 0.717) is 31.2 Å². The Bertz CT molecular complexity index is 797. The van der Waals surface area contributed by atoms with Crippen LogP contribution in [0.2, 0.25) is 0 Å². The van der Waals surface area contributed by atoms with Crippen molar-refractivity contribution in [2.24, 2.45) is 5.92 Å². The SMILES string of the molecule is CCOc1ccc(N2C(=O)CC(N(CC3CCCO3)C(=O)C3CCCCC3)C2=O)cc1. The molecule has 0 N–H and O–H groups in total. The van der Waals surface area contributed by atoms with Gasteiger partial charge in [0.1, 0.15) is 11.8 Å². The zero-order chi connectivity index (χ0) is 21.8. The van der Waals surface area contributed by atoms with E-state index in [2.05, 4.69) is 0 Å². The van der Waals surface area contributed by atoms with Crippen LogP contribution in [-0.2, 0) is 19.1 Å². The van der Waals surface area contributed by atoms with Crippen molar-refractivity contribution in [2.45, 2.75) is 70.4 Å². The van der Waals surface area contributed by atoms with Gasteiger partial charge in [-0.15, -0.1) is 0 Å². The molecule has 7 nitrogen and oxygen atoms in total. The first-order valence-corrected chi connectivity index (χ1v) is 11.6. The zero-order valence-corrected chi connectivity index (χ0v) is 18.3. The summed E-state index contributed by atoms with van der Waals surface area (Å²) in [6, 6.07) is 6.19. The summed E-state index contributed by atoms with van der Waals surface area (Å²) in [4.78, 5) is 42.6. The highest BCUT2D eigenvalue weighted by Gasteiger charge is 2.46. The smallest absolute Gasteiger partial charge is 0.257 e. The maximum atomic E-state index is 13.5. The number of anilines is 1. The van der Waals surface area contributed by atoms with Gasteiger partial charge in [0.05, 0.1) is 24.8 Å². The molecule has 7 heteroatoms. The van der Waals surface area contributed by atoms with Crippen LogP contribution in [0.5, 0.6) is 5.75 Å². The molecule has 0 radical (unpaired) electrons. The molecule has 0 bridgehead atoms. The Hall–Kier alpha value is -2.41. The maximum Gasteiger partial charge on any atom is 0.257 e. The van der Waals surface area contributed by atoms with E-state index in [9.17, 15) is 14.4 Å². The molecule has 1 aromatic rings. The van der Waals surface area contributed by atoms with E-state index in [1.807, 2.05) is 6.92 Å². The van der Waals surface area contributed by atoms with E-state index in [1.54, 1.807) is 29.2 Å². The molecule has 168 valence electrons. The summed E-state index contributed by atoms with van der Waals surface area (Å²) in [5, 5.41) is 0. The van der Waals surface area contributed by atoms with E-state index < -0.39 is 6.04 Å². The van der Waals surface area contributed by atoms with E-state index in [4.69, 9.17) is 9.47 Å². The van der Waals surface area contributed by atoms with Gasteiger partial charge in [0, 0.05) is 19.1 Å². The summed E-state index contributed by atoms with van der Waals surface area (Å²) < 4.78 is 11.2. The van der Waals surface area contributed by atoms with Crippen LogP contribution < -0.4 is 9.64 Å². The second kappa shape index (κ2) is 9.81. The number of hydrogen-bond acceptors (Lipinski definition) is 5. The first-order chi connectivity index (χ1) is 15.1. The van der Waals surface area contributed by atoms with Crippen molar-refractivity contribution in [2.75, 3.05) is 24.7 Å². The molecule has 1 saturated carbocycles. The van der Waals surface area contributed by atoms with Gasteiger partial charge < -0.3 is 14.4 Å². The average molecular weight is 429 g/mol. The van der Waals surface area contributed by atoms with Crippen LogP contribution in [0.15, 0.2) is 24.3 Å². The summed E-state index contributed by atoms with van der Waals surface area (Å²) in [5.74, 6) is 0.0473. The number of nitrogens with zero attached hydrogens (tertiary/aromatic N) is 2. The maximum absolute atomic E-state index is 13.5. The molecular weight excluding hydrogens is 396 g/mol. The molecule has 3 amide bonds. The highest BCUT2D eigenvalue weighted by Crippen LogP contribution is 2.32. The first-order valence-electron chi connectivity index (χ1n) is 11.6. The third-order valence-corrected chi connectivity index (χ3v) is 6.57. The van der Waals surface area contributed by atoms with Crippen molar-refractivity contribution in [1.82, 2.24) is 4.90 Å². The minimum atomic E-state index is -0.752. The van der Waals surface area contributed by atoms with E-state index in [-0.39, 0.29) is 36.2 Å². The molecule has 3 fully saturated rings. The van der Waals surface area contributed by atoms with Gasteiger partial charge >= 0.3 is 0 Å². The standard InChI is InChI=1S/C24H32N2O5/c1-2-30-19-12-10-18(11-13-19)26-22(27)15-21(24(26)29)25(16-20-9-6-14-31-20)23(28)17-7-4-3-5-8-17/h10-13,17,20-21H,2-9,14-16H2,1H3. The summed E-state index contributed by atoms with van der Waals surface area (Å²) >= 11 is 0. The third kappa shape index (κ3) is 4.76. The molecule has 2 atom stereocenters. The lowest BCUT2D eigenvalue weighted by atomic mass is 9.87. The zero-order valence-electron chi connectivity index (χ0n) is 18.3. The molecule has 2 saturated heterocycles. The number of amides is 3. The van der Waals surface area contributed by atoms with Crippen molar-refractivity contribution < 1.29 is 23.9 Å². The summed E-state index contributed by atoms with van der Waals surface area (Å²) in [7, 11) is 0. The Labute approximate surface area is 183 Å². The molecule has 0 aromatic heterocycles. The van der Waals surface area contributed by atoms with Crippen molar-refractivity contribution in [3.8, 4) is 5.75 Å². The molecule has 1 aliphatic carbocycles. The predicted molar refractivity (Wildman–Crippen MR) is 116 cm³/mol. The lowest BCUT2D eigenvalue weighted by Gasteiger charge is -2.34. The fourth-order valence-corrected chi connectivity index (χ4v) is 4.95. The van der Waals surface area contributed by atoms with Crippen LogP contribution in [0.1, 0.15) is 58.3 Å². The van der Waals surface area contributed by atoms with E-state index in [1.165, 1.54) is 4.90 Å². The quantitative estimate of drug-likeness (QED) is 0.623. The normalized spacial score (nSPS) is 24.6. The van der Waals surface area contributed by atoms with Gasteiger partial charge in [-0.2, -0.15) is 0 Å². The van der Waals surface area contributed by atoms with E-state index >= 15 is 0 Å². The Morgan fingerprint density at radius 3 is 2.48 bits per heavy atom. The van der Waals surface area contributed by atoms with Crippen LogP contribution >= 0.6 is 0 Å². The average Bonchev–Trinajstić information content (AvgIpc) is 3.41. The fraction of sp³-hybridized carbons (Fsp3) is 0.625. The van der Waals surface area contributed by atoms with Crippen LogP contribution in [-0.4, -0.2) is 54.5 Å². The molecule has 3 aliphatic rings. The summed E-state index contributed by atoms with van der Waals surface area (Å²) in [6.45, 7) is 3.52. The highest BCUT2D eigenvalue weighted by atomic mass is 16.5. The minimum Gasteiger partial charge on any atom is -0.494 e. The number of carbonyl (C=O) groups is 3. The van der Waals surface area contributed by atoms with E-state index in [0.717, 1.165) is 44.9 Å². The second-order valence-electron chi connectivity index (χ2n) is 8.67. The van der Waals surface area contributed by atoms with Crippen LogP contribution in [0.25, 0.3) is 0 Å². The lowest BCUT2D eigenvalue weighted by Crippen LogP contribution is -2.50. The number of benzene rings is 1. The largest absolute Gasteiger partial charge is 0.494 e. The minimum absolute atomic E-state index is 0.00916. The summed E-state index contributed by atoms with van der Waals surface area (Å²) in [5.41, 5.74) is 0.517. The highest BCUT2D eigenvalue weighted by molar-refractivity contribution is 6.23. The number of carbonyl (C=O) groups excluding carboxylic acids is 3. The topological polar surface area (TPSA) is 76.2 Å². The Morgan fingerprint density at radius 1 is 1.10 bits per heavy atom. The fourth-order valence-electron chi connectivity index (χ4n) is 4.95. The van der Waals surface area contributed by atoms with Crippen molar-refractivity contribution >= 4 is 23.4 Å². The first kappa shape index (κ1) is 21.8. The van der Waals surface area contributed by atoms with Gasteiger partial charge in [-0.1, -0.05) is 19.3 Å². The summed E-state index contributed by atoms with van der Waals surface area (Å²) in [6.07, 6.45) is 6.77. The molecule has 2 unspecified atom stereocenters. The van der Waals surface area contributed by atoms with Gasteiger partial charge in [-0.3, -0.25) is 14.4 Å². The molecule has 31 heavy (non-hydrogen) atoms. The molecule has 2 aliphatic heterocycles.